The Morgan fingerprint density at radius 3 is 2.58 bits per heavy atom. The van der Waals surface area contributed by atoms with E-state index in [4.69, 9.17) is 11.6 Å². The maximum absolute atomic E-state index is 13.2. The molecule has 0 saturated carbocycles. The molecule has 1 heterocycles. The summed E-state index contributed by atoms with van der Waals surface area (Å²) in [7, 11) is 0. The lowest BCUT2D eigenvalue weighted by Crippen LogP contribution is -2.45. The average molecular weight is 285 g/mol. The number of nitrogens with one attached hydrogen (secondary N) is 1. The summed E-state index contributed by atoms with van der Waals surface area (Å²) in [5, 5.41) is 3.91. The normalized spacial score (nSPS) is 18.8. The van der Waals surface area contributed by atoms with Crippen LogP contribution in [0, 0.1) is 11.7 Å². The SMILES string of the molecule is CC(C)C[C@@H](c1ccc(F)cc1Cl)N1CCNCC1. The first-order chi connectivity index (χ1) is 9.08. The Labute approximate surface area is 119 Å². The van der Waals surface area contributed by atoms with Crippen molar-refractivity contribution in [2.24, 2.45) is 5.92 Å². The van der Waals surface area contributed by atoms with Gasteiger partial charge in [0.15, 0.2) is 0 Å². The molecule has 2 nitrogen and oxygen atoms in total. The fourth-order valence-electron chi connectivity index (χ4n) is 2.68. The summed E-state index contributed by atoms with van der Waals surface area (Å²) in [6.07, 6.45) is 1.05. The predicted octanol–water partition coefficient (Wildman–Crippen LogP) is 3.47. The molecular formula is C15H22ClFN2. The number of hydrogen-bond acceptors (Lipinski definition) is 2. The van der Waals surface area contributed by atoms with Crippen molar-refractivity contribution in [3.05, 3.63) is 34.6 Å². The predicted molar refractivity (Wildman–Crippen MR) is 78.0 cm³/mol. The molecule has 1 fully saturated rings. The average Bonchev–Trinajstić information content (AvgIpc) is 2.37. The van der Waals surface area contributed by atoms with Crippen LogP contribution in [0.2, 0.25) is 5.02 Å². The van der Waals surface area contributed by atoms with Crippen molar-refractivity contribution in [1.29, 1.82) is 0 Å². The van der Waals surface area contributed by atoms with E-state index < -0.39 is 0 Å². The van der Waals surface area contributed by atoms with Crippen LogP contribution in [0.1, 0.15) is 31.9 Å². The van der Waals surface area contributed by atoms with Gasteiger partial charge in [-0.1, -0.05) is 31.5 Å². The summed E-state index contributed by atoms with van der Waals surface area (Å²) >= 11 is 6.24. The maximum Gasteiger partial charge on any atom is 0.124 e. The standard InChI is InChI=1S/C15H22ClFN2/c1-11(2)9-15(19-7-5-18-6-8-19)13-4-3-12(17)10-14(13)16/h3-4,10-11,15,18H,5-9H2,1-2H3/t15-/m0/s1. The minimum absolute atomic E-state index is 0.266. The Bertz CT molecular complexity index is 417. The Balaban J connectivity index is 2.25. The van der Waals surface area contributed by atoms with Gasteiger partial charge in [0.05, 0.1) is 0 Å². The van der Waals surface area contributed by atoms with Crippen molar-refractivity contribution in [3.63, 3.8) is 0 Å². The molecule has 19 heavy (non-hydrogen) atoms. The fraction of sp³-hybridized carbons (Fsp3) is 0.600. The summed E-state index contributed by atoms with van der Waals surface area (Å²) in [6.45, 7) is 8.48. The summed E-state index contributed by atoms with van der Waals surface area (Å²) in [6, 6.07) is 5.06. The lowest BCUT2D eigenvalue weighted by molar-refractivity contribution is 0.154. The van der Waals surface area contributed by atoms with Crippen molar-refractivity contribution >= 4 is 11.6 Å². The van der Waals surface area contributed by atoms with E-state index in [9.17, 15) is 4.39 Å². The third-order valence-corrected chi connectivity index (χ3v) is 3.94. The monoisotopic (exact) mass is 284 g/mol. The molecule has 0 amide bonds. The molecule has 0 unspecified atom stereocenters. The van der Waals surface area contributed by atoms with Crippen LogP contribution >= 0.6 is 11.6 Å². The third-order valence-electron chi connectivity index (χ3n) is 3.61. The van der Waals surface area contributed by atoms with Crippen LogP contribution in [0.15, 0.2) is 18.2 Å². The zero-order valence-corrected chi connectivity index (χ0v) is 12.4. The molecule has 1 aromatic rings. The first-order valence-electron chi connectivity index (χ1n) is 6.97. The van der Waals surface area contributed by atoms with E-state index in [-0.39, 0.29) is 11.9 Å². The molecule has 4 heteroatoms. The number of halogens is 2. The van der Waals surface area contributed by atoms with Gasteiger partial charge in [0.25, 0.3) is 0 Å². The molecule has 0 spiro atoms. The van der Waals surface area contributed by atoms with Gasteiger partial charge >= 0.3 is 0 Å². The molecule has 0 aliphatic carbocycles. The van der Waals surface area contributed by atoms with Crippen molar-refractivity contribution in [2.75, 3.05) is 26.2 Å². The van der Waals surface area contributed by atoms with E-state index in [0.717, 1.165) is 38.2 Å². The minimum atomic E-state index is -0.266. The smallest absolute Gasteiger partial charge is 0.124 e. The molecule has 0 radical (unpaired) electrons. The molecule has 0 bridgehead atoms. The number of rotatable bonds is 4. The van der Waals surface area contributed by atoms with E-state index in [2.05, 4.69) is 24.1 Å². The van der Waals surface area contributed by atoms with Crippen LogP contribution in [0.25, 0.3) is 0 Å². The number of hydrogen-bond donors (Lipinski definition) is 1. The van der Waals surface area contributed by atoms with Crippen molar-refractivity contribution in [1.82, 2.24) is 10.2 Å². The maximum atomic E-state index is 13.2. The Hall–Kier alpha value is -0.640. The van der Waals surface area contributed by atoms with E-state index in [0.29, 0.717) is 10.9 Å². The summed E-state index contributed by atoms with van der Waals surface area (Å²) in [5.74, 6) is 0.318. The molecule has 1 N–H and O–H groups in total. The van der Waals surface area contributed by atoms with Gasteiger partial charge in [-0.25, -0.2) is 4.39 Å². The summed E-state index contributed by atoms with van der Waals surface area (Å²) in [5.41, 5.74) is 1.05. The van der Waals surface area contributed by atoms with Crippen LogP contribution < -0.4 is 5.32 Å². The largest absolute Gasteiger partial charge is 0.314 e. The third kappa shape index (κ3) is 3.91. The van der Waals surface area contributed by atoms with Crippen LogP contribution in [0.4, 0.5) is 4.39 Å². The lowest BCUT2D eigenvalue weighted by atomic mass is 9.95. The highest BCUT2D eigenvalue weighted by atomic mass is 35.5. The molecule has 1 saturated heterocycles. The van der Waals surface area contributed by atoms with E-state index >= 15 is 0 Å². The topological polar surface area (TPSA) is 15.3 Å². The second kappa shape index (κ2) is 6.69. The molecule has 0 aromatic heterocycles. The highest BCUT2D eigenvalue weighted by Gasteiger charge is 2.24. The van der Waals surface area contributed by atoms with Crippen LogP contribution in [0.3, 0.4) is 0 Å². The minimum Gasteiger partial charge on any atom is -0.314 e. The highest BCUT2D eigenvalue weighted by Crippen LogP contribution is 2.33. The van der Waals surface area contributed by atoms with Gasteiger partial charge in [0.2, 0.25) is 0 Å². The molecule has 1 aromatic carbocycles. The van der Waals surface area contributed by atoms with Gasteiger partial charge in [-0.2, -0.15) is 0 Å². The van der Waals surface area contributed by atoms with Crippen molar-refractivity contribution in [3.8, 4) is 0 Å². The zero-order valence-electron chi connectivity index (χ0n) is 11.6. The first-order valence-corrected chi connectivity index (χ1v) is 7.35. The Morgan fingerprint density at radius 1 is 1.32 bits per heavy atom. The van der Waals surface area contributed by atoms with Crippen molar-refractivity contribution in [2.45, 2.75) is 26.3 Å². The lowest BCUT2D eigenvalue weighted by Gasteiger charge is -2.36. The molecule has 1 aliphatic rings. The van der Waals surface area contributed by atoms with Gasteiger partial charge < -0.3 is 5.32 Å². The zero-order chi connectivity index (χ0) is 13.8. The van der Waals surface area contributed by atoms with E-state index in [1.807, 2.05) is 6.07 Å². The summed E-state index contributed by atoms with van der Waals surface area (Å²) < 4.78 is 13.2. The van der Waals surface area contributed by atoms with Gasteiger partial charge in [-0.3, -0.25) is 4.90 Å². The Kier molecular flexibility index (Phi) is 5.20. The second-order valence-electron chi connectivity index (χ2n) is 5.60. The van der Waals surface area contributed by atoms with Gasteiger partial charge in [-0.05, 0) is 30.0 Å². The molecule has 1 aliphatic heterocycles. The quantitative estimate of drug-likeness (QED) is 0.911. The van der Waals surface area contributed by atoms with Gasteiger partial charge in [0.1, 0.15) is 5.82 Å². The highest BCUT2D eigenvalue weighted by molar-refractivity contribution is 6.31. The van der Waals surface area contributed by atoms with Crippen LogP contribution in [0.5, 0.6) is 0 Å². The second-order valence-corrected chi connectivity index (χ2v) is 6.00. The summed E-state index contributed by atoms with van der Waals surface area (Å²) in [4.78, 5) is 2.45. The Morgan fingerprint density at radius 2 is 2.00 bits per heavy atom. The van der Waals surface area contributed by atoms with E-state index in [1.165, 1.54) is 12.1 Å². The number of benzene rings is 1. The first kappa shape index (κ1) is 14.8. The van der Waals surface area contributed by atoms with Gasteiger partial charge in [0, 0.05) is 37.2 Å². The molecule has 106 valence electrons. The molecule has 2 rings (SSSR count). The van der Waals surface area contributed by atoms with Crippen LogP contribution in [-0.2, 0) is 0 Å². The molecular weight excluding hydrogens is 263 g/mol. The van der Waals surface area contributed by atoms with E-state index in [1.54, 1.807) is 0 Å². The van der Waals surface area contributed by atoms with Crippen molar-refractivity contribution < 1.29 is 4.39 Å². The van der Waals surface area contributed by atoms with Gasteiger partial charge in [-0.15, -0.1) is 0 Å². The molecule has 1 atom stereocenters. The van der Waals surface area contributed by atoms with Crippen LogP contribution in [-0.4, -0.2) is 31.1 Å². The number of nitrogens with zero attached hydrogens (tertiary/aromatic N) is 1. The fourth-order valence-corrected chi connectivity index (χ4v) is 2.98. The number of piperazine rings is 1.